The summed E-state index contributed by atoms with van der Waals surface area (Å²) >= 11 is 2.99. The second-order valence-electron chi connectivity index (χ2n) is 2.63. The molecule has 0 spiro atoms. The molecule has 0 amide bonds. The van der Waals surface area contributed by atoms with Gasteiger partial charge in [0.25, 0.3) is 6.43 Å². The van der Waals surface area contributed by atoms with E-state index < -0.39 is 6.43 Å². The lowest BCUT2D eigenvalue weighted by Crippen LogP contribution is -2.09. The molecular formula is C8H9BrF2N2O. The SMILES string of the molecule is NCc1c(CO)cc(Br)nc1C(F)F. The van der Waals surface area contributed by atoms with E-state index in [-0.39, 0.29) is 29.0 Å². The monoisotopic (exact) mass is 266 g/mol. The van der Waals surface area contributed by atoms with Gasteiger partial charge in [-0.3, -0.25) is 0 Å². The molecule has 0 atom stereocenters. The highest BCUT2D eigenvalue weighted by atomic mass is 79.9. The summed E-state index contributed by atoms with van der Waals surface area (Å²) in [5.41, 5.74) is 5.54. The van der Waals surface area contributed by atoms with E-state index in [4.69, 9.17) is 10.8 Å². The van der Waals surface area contributed by atoms with Crippen LogP contribution in [0.5, 0.6) is 0 Å². The van der Waals surface area contributed by atoms with Gasteiger partial charge in [0.15, 0.2) is 0 Å². The Morgan fingerprint density at radius 3 is 2.64 bits per heavy atom. The van der Waals surface area contributed by atoms with Crippen LogP contribution in [0, 0.1) is 0 Å². The lowest BCUT2D eigenvalue weighted by Gasteiger charge is -2.10. The Bertz CT molecular complexity index is 333. The molecule has 0 unspecified atom stereocenters. The third kappa shape index (κ3) is 2.26. The zero-order valence-electron chi connectivity index (χ0n) is 7.17. The number of halogens is 3. The summed E-state index contributed by atoms with van der Waals surface area (Å²) in [5.74, 6) is 0. The van der Waals surface area contributed by atoms with E-state index in [2.05, 4.69) is 20.9 Å². The number of pyridine rings is 1. The molecule has 14 heavy (non-hydrogen) atoms. The zero-order valence-corrected chi connectivity index (χ0v) is 8.76. The number of aromatic nitrogens is 1. The van der Waals surface area contributed by atoms with E-state index in [0.717, 1.165) is 0 Å². The average Bonchev–Trinajstić information content (AvgIpc) is 2.16. The molecular weight excluding hydrogens is 258 g/mol. The van der Waals surface area contributed by atoms with Crippen molar-refractivity contribution in [3.63, 3.8) is 0 Å². The quantitative estimate of drug-likeness (QED) is 0.820. The van der Waals surface area contributed by atoms with Gasteiger partial charge in [-0.05, 0) is 33.1 Å². The highest BCUT2D eigenvalue weighted by molar-refractivity contribution is 9.10. The van der Waals surface area contributed by atoms with Crippen molar-refractivity contribution >= 4 is 15.9 Å². The van der Waals surface area contributed by atoms with Gasteiger partial charge in [0.2, 0.25) is 0 Å². The summed E-state index contributed by atoms with van der Waals surface area (Å²) in [4.78, 5) is 3.63. The second-order valence-corrected chi connectivity index (χ2v) is 3.44. The maximum absolute atomic E-state index is 12.5. The fraction of sp³-hybridized carbons (Fsp3) is 0.375. The van der Waals surface area contributed by atoms with E-state index in [0.29, 0.717) is 5.56 Å². The van der Waals surface area contributed by atoms with Crippen LogP contribution in [0.4, 0.5) is 8.78 Å². The number of alkyl halides is 2. The molecule has 0 aromatic carbocycles. The third-order valence-electron chi connectivity index (χ3n) is 1.80. The van der Waals surface area contributed by atoms with Gasteiger partial charge in [-0.15, -0.1) is 0 Å². The molecule has 6 heteroatoms. The predicted octanol–water partition coefficient (Wildman–Crippen LogP) is 1.73. The molecule has 0 saturated carbocycles. The van der Waals surface area contributed by atoms with Crippen LogP contribution in [-0.2, 0) is 13.2 Å². The molecule has 0 fully saturated rings. The number of hydrogen-bond donors (Lipinski definition) is 2. The van der Waals surface area contributed by atoms with E-state index in [1.807, 2.05) is 0 Å². The molecule has 0 aliphatic heterocycles. The average molecular weight is 267 g/mol. The Kier molecular flexibility index (Phi) is 3.91. The van der Waals surface area contributed by atoms with Crippen molar-refractivity contribution in [2.75, 3.05) is 0 Å². The van der Waals surface area contributed by atoms with Gasteiger partial charge in [0, 0.05) is 6.54 Å². The summed E-state index contributed by atoms with van der Waals surface area (Å²) in [6.45, 7) is -0.386. The predicted molar refractivity (Wildman–Crippen MR) is 50.7 cm³/mol. The second kappa shape index (κ2) is 4.77. The molecule has 3 N–H and O–H groups in total. The van der Waals surface area contributed by atoms with Crippen molar-refractivity contribution in [1.29, 1.82) is 0 Å². The van der Waals surface area contributed by atoms with Crippen molar-refractivity contribution in [1.82, 2.24) is 4.98 Å². The van der Waals surface area contributed by atoms with Gasteiger partial charge in [0.05, 0.1) is 6.61 Å². The van der Waals surface area contributed by atoms with Crippen molar-refractivity contribution in [2.24, 2.45) is 5.73 Å². The number of aliphatic hydroxyl groups excluding tert-OH is 1. The summed E-state index contributed by atoms with van der Waals surface area (Å²) in [7, 11) is 0. The van der Waals surface area contributed by atoms with Gasteiger partial charge in [-0.2, -0.15) is 0 Å². The molecule has 0 bridgehead atoms. The Hall–Kier alpha value is -0.590. The first-order chi connectivity index (χ1) is 6.60. The smallest absolute Gasteiger partial charge is 0.280 e. The standard InChI is InChI=1S/C8H9BrF2N2O/c9-6-1-4(3-14)5(2-12)7(13-6)8(10)11/h1,8,14H,2-3,12H2. The minimum absolute atomic E-state index is 0.0597. The van der Waals surface area contributed by atoms with Crippen molar-refractivity contribution in [3.05, 3.63) is 27.5 Å². The van der Waals surface area contributed by atoms with Crippen molar-refractivity contribution in [3.8, 4) is 0 Å². The van der Waals surface area contributed by atoms with Gasteiger partial charge < -0.3 is 10.8 Å². The fourth-order valence-electron chi connectivity index (χ4n) is 1.17. The van der Waals surface area contributed by atoms with Gasteiger partial charge in [-0.25, -0.2) is 13.8 Å². The van der Waals surface area contributed by atoms with Gasteiger partial charge in [-0.1, -0.05) is 0 Å². The molecule has 3 nitrogen and oxygen atoms in total. The summed E-state index contributed by atoms with van der Waals surface area (Å²) < 4.78 is 25.3. The van der Waals surface area contributed by atoms with Crippen LogP contribution in [0.15, 0.2) is 10.7 Å². The van der Waals surface area contributed by atoms with Crippen LogP contribution in [0.1, 0.15) is 23.2 Å². The summed E-state index contributed by atoms with van der Waals surface area (Å²) in [6, 6.07) is 1.48. The zero-order chi connectivity index (χ0) is 10.7. The number of aliphatic hydroxyl groups is 1. The molecule has 1 rings (SSSR count). The molecule has 1 heterocycles. The molecule has 1 aromatic heterocycles. The summed E-state index contributed by atoms with van der Waals surface area (Å²) in [6.07, 6.45) is -2.68. The first-order valence-electron chi connectivity index (χ1n) is 3.87. The Morgan fingerprint density at radius 2 is 2.21 bits per heavy atom. The maximum atomic E-state index is 12.5. The first-order valence-corrected chi connectivity index (χ1v) is 4.66. The van der Waals surface area contributed by atoms with Crippen LogP contribution in [0.3, 0.4) is 0 Å². The van der Waals surface area contributed by atoms with E-state index >= 15 is 0 Å². The van der Waals surface area contributed by atoms with Crippen LogP contribution in [-0.4, -0.2) is 10.1 Å². The molecule has 0 radical (unpaired) electrons. The molecule has 78 valence electrons. The van der Waals surface area contributed by atoms with E-state index in [1.165, 1.54) is 6.07 Å². The largest absolute Gasteiger partial charge is 0.392 e. The maximum Gasteiger partial charge on any atom is 0.280 e. The fourth-order valence-corrected chi connectivity index (χ4v) is 1.63. The van der Waals surface area contributed by atoms with E-state index in [1.54, 1.807) is 0 Å². The Labute approximate surface area is 88.1 Å². The highest BCUT2D eigenvalue weighted by Crippen LogP contribution is 2.26. The molecule has 0 saturated heterocycles. The van der Waals surface area contributed by atoms with Crippen molar-refractivity contribution in [2.45, 2.75) is 19.6 Å². The first kappa shape index (κ1) is 11.5. The van der Waals surface area contributed by atoms with Crippen LogP contribution >= 0.6 is 15.9 Å². The number of hydrogen-bond acceptors (Lipinski definition) is 3. The number of rotatable bonds is 3. The highest BCUT2D eigenvalue weighted by Gasteiger charge is 2.17. The van der Waals surface area contributed by atoms with Crippen LogP contribution < -0.4 is 5.73 Å². The van der Waals surface area contributed by atoms with Gasteiger partial charge >= 0.3 is 0 Å². The summed E-state index contributed by atoms with van der Waals surface area (Å²) in [5, 5.41) is 8.93. The Morgan fingerprint density at radius 1 is 1.57 bits per heavy atom. The lowest BCUT2D eigenvalue weighted by atomic mass is 10.1. The molecule has 0 aliphatic rings. The Balaban J connectivity index is 3.31. The topological polar surface area (TPSA) is 59.1 Å². The number of nitrogens with zero attached hydrogens (tertiary/aromatic N) is 1. The van der Waals surface area contributed by atoms with Crippen LogP contribution in [0.2, 0.25) is 0 Å². The van der Waals surface area contributed by atoms with E-state index in [9.17, 15) is 8.78 Å². The molecule has 1 aromatic rings. The number of nitrogens with two attached hydrogens (primary N) is 1. The minimum Gasteiger partial charge on any atom is -0.392 e. The van der Waals surface area contributed by atoms with Crippen molar-refractivity contribution < 1.29 is 13.9 Å². The molecule has 0 aliphatic carbocycles. The lowest BCUT2D eigenvalue weighted by molar-refractivity contribution is 0.144. The van der Waals surface area contributed by atoms with Gasteiger partial charge in [0.1, 0.15) is 10.3 Å². The third-order valence-corrected chi connectivity index (χ3v) is 2.20. The van der Waals surface area contributed by atoms with Crippen LogP contribution in [0.25, 0.3) is 0 Å². The normalized spacial score (nSPS) is 11.0. The minimum atomic E-state index is -2.68.